The molecule has 0 saturated carbocycles. The number of fused-ring (bicyclic) bond motifs is 1. The van der Waals surface area contributed by atoms with Crippen LogP contribution >= 0.6 is 0 Å². The van der Waals surface area contributed by atoms with Crippen molar-refractivity contribution in [2.75, 3.05) is 6.61 Å². The van der Waals surface area contributed by atoms with E-state index in [-0.39, 0.29) is 0 Å². The zero-order valence-corrected chi connectivity index (χ0v) is 10.8. The average molecular weight is 246 g/mol. The lowest BCUT2D eigenvalue weighted by molar-refractivity contribution is -0.131. The summed E-state index contributed by atoms with van der Waals surface area (Å²) >= 11 is 0. The van der Waals surface area contributed by atoms with Crippen LogP contribution < -0.4 is 4.74 Å². The van der Waals surface area contributed by atoms with Crippen LogP contribution in [0, 0.1) is 0 Å². The zero-order valence-electron chi connectivity index (χ0n) is 10.8. The summed E-state index contributed by atoms with van der Waals surface area (Å²) in [6.45, 7) is 4.89. The summed E-state index contributed by atoms with van der Waals surface area (Å²) in [7, 11) is 0. The van der Waals surface area contributed by atoms with Gasteiger partial charge in [0.15, 0.2) is 0 Å². The fraction of sp³-hybridized carbons (Fsp3) is 0.400. The van der Waals surface area contributed by atoms with Crippen LogP contribution in [-0.2, 0) is 4.79 Å². The molecule has 1 aromatic rings. The van der Waals surface area contributed by atoms with Gasteiger partial charge in [-0.05, 0) is 42.0 Å². The van der Waals surface area contributed by atoms with Gasteiger partial charge in [-0.2, -0.15) is 0 Å². The maximum absolute atomic E-state index is 10.9. The van der Waals surface area contributed by atoms with Gasteiger partial charge in [-0.25, -0.2) is 4.79 Å². The largest absolute Gasteiger partial charge is 0.493 e. The molecule has 1 aliphatic rings. The van der Waals surface area contributed by atoms with E-state index in [2.05, 4.69) is 19.9 Å². The number of carboxylic acids is 1. The second-order valence-electron chi connectivity index (χ2n) is 4.87. The molecule has 0 bridgehead atoms. The quantitative estimate of drug-likeness (QED) is 0.813. The Labute approximate surface area is 107 Å². The van der Waals surface area contributed by atoms with Crippen LogP contribution in [-0.4, -0.2) is 17.7 Å². The molecule has 96 valence electrons. The SMILES string of the molecule is CC(C)c1ccc2c(c1)/C(=C/C(=O)O)CCCO2. The maximum atomic E-state index is 10.9. The van der Waals surface area contributed by atoms with Crippen molar-refractivity contribution >= 4 is 11.5 Å². The minimum absolute atomic E-state index is 0.421. The molecule has 0 amide bonds. The topological polar surface area (TPSA) is 46.5 Å². The highest BCUT2D eigenvalue weighted by Gasteiger charge is 2.16. The van der Waals surface area contributed by atoms with E-state index in [0.29, 0.717) is 12.5 Å². The molecule has 1 aliphatic heterocycles. The molecule has 0 radical (unpaired) electrons. The predicted molar refractivity (Wildman–Crippen MR) is 70.9 cm³/mol. The first-order valence-electron chi connectivity index (χ1n) is 6.28. The Morgan fingerprint density at radius 1 is 1.44 bits per heavy atom. The van der Waals surface area contributed by atoms with Crippen molar-refractivity contribution in [3.05, 3.63) is 35.4 Å². The van der Waals surface area contributed by atoms with Gasteiger partial charge in [-0.1, -0.05) is 19.9 Å². The number of hydrogen-bond donors (Lipinski definition) is 1. The summed E-state index contributed by atoms with van der Waals surface area (Å²) in [5, 5.41) is 8.94. The number of benzene rings is 1. The Morgan fingerprint density at radius 3 is 2.89 bits per heavy atom. The van der Waals surface area contributed by atoms with Gasteiger partial charge in [0.05, 0.1) is 6.61 Å². The van der Waals surface area contributed by atoms with E-state index in [1.807, 2.05) is 12.1 Å². The van der Waals surface area contributed by atoms with Gasteiger partial charge in [0.2, 0.25) is 0 Å². The summed E-state index contributed by atoms with van der Waals surface area (Å²) in [5.74, 6) is 0.321. The van der Waals surface area contributed by atoms with E-state index in [1.54, 1.807) is 0 Å². The number of aliphatic carboxylic acids is 1. The highest BCUT2D eigenvalue weighted by atomic mass is 16.5. The van der Waals surface area contributed by atoms with Gasteiger partial charge in [-0.15, -0.1) is 0 Å². The molecule has 2 rings (SSSR count). The lowest BCUT2D eigenvalue weighted by Gasteiger charge is -2.12. The molecule has 0 unspecified atom stereocenters. The zero-order chi connectivity index (χ0) is 13.1. The molecule has 3 heteroatoms. The molecule has 1 N–H and O–H groups in total. The van der Waals surface area contributed by atoms with Crippen molar-refractivity contribution in [3.8, 4) is 5.75 Å². The van der Waals surface area contributed by atoms with Gasteiger partial charge >= 0.3 is 5.97 Å². The van der Waals surface area contributed by atoms with Gasteiger partial charge in [0, 0.05) is 11.6 Å². The third-order valence-corrected chi connectivity index (χ3v) is 3.16. The molecule has 0 atom stereocenters. The molecular formula is C15H18O3. The van der Waals surface area contributed by atoms with E-state index in [9.17, 15) is 4.79 Å². The van der Waals surface area contributed by atoms with Crippen molar-refractivity contribution in [1.29, 1.82) is 0 Å². The Hall–Kier alpha value is -1.77. The Bertz CT molecular complexity index is 487. The lowest BCUT2D eigenvalue weighted by Crippen LogP contribution is -1.97. The van der Waals surface area contributed by atoms with Crippen LogP contribution in [0.5, 0.6) is 5.75 Å². The maximum Gasteiger partial charge on any atom is 0.328 e. The number of carbonyl (C=O) groups is 1. The van der Waals surface area contributed by atoms with E-state index in [0.717, 1.165) is 29.7 Å². The van der Waals surface area contributed by atoms with Gasteiger partial charge < -0.3 is 9.84 Å². The highest BCUT2D eigenvalue weighted by molar-refractivity contribution is 5.91. The first kappa shape index (κ1) is 12.7. The van der Waals surface area contributed by atoms with Crippen LogP contribution in [0.3, 0.4) is 0 Å². The fourth-order valence-electron chi connectivity index (χ4n) is 2.16. The number of hydrogen-bond acceptors (Lipinski definition) is 2. The minimum atomic E-state index is -0.896. The summed E-state index contributed by atoms with van der Waals surface area (Å²) in [6.07, 6.45) is 2.91. The van der Waals surface area contributed by atoms with Gasteiger partial charge in [0.1, 0.15) is 5.75 Å². The Kier molecular flexibility index (Phi) is 3.70. The van der Waals surface area contributed by atoms with E-state index < -0.39 is 5.97 Å². The second kappa shape index (κ2) is 5.25. The number of ether oxygens (including phenoxy) is 1. The summed E-state index contributed by atoms with van der Waals surface area (Å²) in [5.41, 5.74) is 2.99. The van der Waals surface area contributed by atoms with Crippen LogP contribution in [0.2, 0.25) is 0 Å². The molecule has 0 aliphatic carbocycles. The summed E-state index contributed by atoms with van der Waals surface area (Å²) in [4.78, 5) is 10.9. The molecule has 0 spiro atoms. The average Bonchev–Trinajstić information content (AvgIpc) is 2.50. The van der Waals surface area contributed by atoms with E-state index in [4.69, 9.17) is 9.84 Å². The predicted octanol–water partition coefficient (Wildman–Crippen LogP) is 3.45. The Balaban J connectivity index is 2.50. The van der Waals surface area contributed by atoms with E-state index in [1.165, 1.54) is 11.6 Å². The van der Waals surface area contributed by atoms with Crippen molar-refractivity contribution in [1.82, 2.24) is 0 Å². The minimum Gasteiger partial charge on any atom is -0.493 e. The van der Waals surface area contributed by atoms with Gasteiger partial charge in [-0.3, -0.25) is 0 Å². The third-order valence-electron chi connectivity index (χ3n) is 3.16. The monoisotopic (exact) mass is 246 g/mol. The van der Waals surface area contributed by atoms with Crippen molar-refractivity contribution in [2.45, 2.75) is 32.6 Å². The second-order valence-corrected chi connectivity index (χ2v) is 4.87. The standard InChI is InChI=1S/C15H18O3/c1-10(2)11-5-6-14-13(8-11)12(9-15(16)17)4-3-7-18-14/h5-6,8-10H,3-4,7H2,1-2H3,(H,16,17)/b12-9+. The smallest absolute Gasteiger partial charge is 0.328 e. The van der Waals surface area contributed by atoms with Crippen LogP contribution in [0.4, 0.5) is 0 Å². The molecule has 0 aromatic heterocycles. The van der Waals surface area contributed by atoms with Crippen LogP contribution in [0.15, 0.2) is 24.3 Å². The van der Waals surface area contributed by atoms with Gasteiger partial charge in [0.25, 0.3) is 0 Å². The van der Waals surface area contributed by atoms with Crippen molar-refractivity contribution in [3.63, 3.8) is 0 Å². The first-order valence-corrected chi connectivity index (χ1v) is 6.28. The molecule has 1 heterocycles. The fourth-order valence-corrected chi connectivity index (χ4v) is 2.16. The molecule has 0 fully saturated rings. The van der Waals surface area contributed by atoms with Crippen molar-refractivity contribution < 1.29 is 14.6 Å². The normalized spacial score (nSPS) is 17.2. The number of carboxylic acid groups (broad SMARTS) is 1. The van der Waals surface area contributed by atoms with E-state index >= 15 is 0 Å². The molecular weight excluding hydrogens is 228 g/mol. The molecule has 0 saturated heterocycles. The number of allylic oxidation sites excluding steroid dienone is 1. The summed E-state index contributed by atoms with van der Waals surface area (Å²) < 4.78 is 5.66. The lowest BCUT2D eigenvalue weighted by atomic mass is 9.95. The van der Waals surface area contributed by atoms with Crippen molar-refractivity contribution in [2.24, 2.45) is 0 Å². The third kappa shape index (κ3) is 2.73. The Morgan fingerprint density at radius 2 is 2.22 bits per heavy atom. The first-order chi connectivity index (χ1) is 8.58. The van der Waals surface area contributed by atoms with Crippen LogP contribution in [0.1, 0.15) is 43.7 Å². The number of rotatable bonds is 2. The molecule has 3 nitrogen and oxygen atoms in total. The highest BCUT2D eigenvalue weighted by Crippen LogP contribution is 2.34. The molecule has 1 aromatic carbocycles. The summed E-state index contributed by atoms with van der Waals surface area (Å²) in [6, 6.07) is 6.05. The molecule has 18 heavy (non-hydrogen) atoms. The van der Waals surface area contributed by atoms with Crippen LogP contribution in [0.25, 0.3) is 5.57 Å².